The van der Waals surface area contributed by atoms with Gasteiger partial charge < -0.3 is 24.7 Å². The number of carbonyl (C=O) groups is 2. The van der Waals surface area contributed by atoms with E-state index in [0.29, 0.717) is 13.1 Å². The molecule has 0 spiro atoms. The van der Waals surface area contributed by atoms with Gasteiger partial charge >= 0.3 is 5.69 Å². The van der Waals surface area contributed by atoms with Crippen molar-refractivity contribution in [3.05, 3.63) is 34.7 Å². The van der Waals surface area contributed by atoms with Crippen LogP contribution < -0.4 is 15.7 Å². The molecule has 0 unspecified atom stereocenters. The maximum absolute atomic E-state index is 12.5. The fourth-order valence-corrected chi connectivity index (χ4v) is 5.52. The molecule has 2 saturated heterocycles. The average molecular weight is 429 g/mol. The van der Waals surface area contributed by atoms with E-state index in [1.165, 1.54) is 4.90 Å². The zero-order valence-corrected chi connectivity index (χ0v) is 18.1. The number of amides is 1. The largest absolute Gasteiger partial charge is 0.550 e. The Morgan fingerprint density at radius 3 is 2.61 bits per heavy atom. The molecule has 1 aromatic carbocycles. The van der Waals surface area contributed by atoms with Gasteiger partial charge in [0, 0.05) is 51.3 Å². The molecule has 2 atom stereocenters. The van der Waals surface area contributed by atoms with Crippen molar-refractivity contribution >= 4 is 22.9 Å². The molecule has 168 valence electrons. The molecule has 4 rings (SSSR count). The third-order valence-electron chi connectivity index (χ3n) is 7.29. The lowest BCUT2D eigenvalue weighted by Crippen LogP contribution is -3.13. The first kappa shape index (κ1) is 21.6. The van der Waals surface area contributed by atoms with Crippen molar-refractivity contribution in [2.24, 2.45) is 11.8 Å². The van der Waals surface area contributed by atoms with Gasteiger partial charge in [-0.2, -0.15) is 0 Å². The number of nitrogens with one attached hydrogen (secondary N) is 2. The third-order valence-corrected chi connectivity index (χ3v) is 7.29. The highest BCUT2D eigenvalue weighted by atomic mass is 16.4. The lowest BCUT2D eigenvalue weighted by molar-refractivity contribution is -0.906. The summed E-state index contributed by atoms with van der Waals surface area (Å²) >= 11 is 0. The van der Waals surface area contributed by atoms with Crippen LogP contribution in [0.4, 0.5) is 0 Å². The SMILES string of the molecule is CC(=O)N1CC[C@@H](CC(=O)[O-])[C@@H](CC[NH+]2CCC(n3c(=O)[nH]c4ccccc43)CC2)C1. The molecular formula is C23H32N4O4. The van der Waals surface area contributed by atoms with Crippen LogP contribution in [0, 0.1) is 11.8 Å². The van der Waals surface area contributed by atoms with Crippen molar-refractivity contribution < 1.29 is 19.6 Å². The molecule has 0 saturated carbocycles. The number of carbonyl (C=O) groups excluding carboxylic acids is 2. The highest BCUT2D eigenvalue weighted by molar-refractivity contribution is 5.75. The highest BCUT2D eigenvalue weighted by Crippen LogP contribution is 2.29. The van der Waals surface area contributed by atoms with Gasteiger partial charge in [0.05, 0.1) is 30.7 Å². The van der Waals surface area contributed by atoms with Gasteiger partial charge in [0.25, 0.3) is 0 Å². The van der Waals surface area contributed by atoms with Crippen LogP contribution in [0.3, 0.4) is 0 Å². The van der Waals surface area contributed by atoms with E-state index in [1.54, 1.807) is 6.92 Å². The standard InChI is InChI=1S/C23H32N4O4/c1-16(28)26-13-7-17(14-22(29)30)18(15-26)6-10-25-11-8-19(9-12-25)27-21-5-3-2-4-20(21)24-23(27)31/h2-5,17-19H,6-15H2,1H3,(H,24,31)(H,29,30)/t17-,18-/m0/s1. The number of H-pyrrole nitrogens is 1. The molecular weight excluding hydrogens is 396 g/mol. The number of carboxylic acids is 1. The molecule has 0 radical (unpaired) electrons. The third kappa shape index (κ3) is 4.84. The number of aromatic nitrogens is 2. The summed E-state index contributed by atoms with van der Waals surface area (Å²) in [6.45, 7) is 5.82. The molecule has 8 nitrogen and oxygen atoms in total. The summed E-state index contributed by atoms with van der Waals surface area (Å²) in [6.07, 6.45) is 3.62. The van der Waals surface area contributed by atoms with E-state index in [4.69, 9.17) is 0 Å². The zero-order chi connectivity index (χ0) is 22.0. The summed E-state index contributed by atoms with van der Waals surface area (Å²) in [7, 11) is 0. The van der Waals surface area contributed by atoms with Crippen LogP contribution in [0.15, 0.2) is 29.1 Å². The molecule has 2 aromatic rings. The summed E-state index contributed by atoms with van der Waals surface area (Å²) in [5.41, 5.74) is 1.82. The van der Waals surface area contributed by atoms with Gasteiger partial charge in [-0.1, -0.05) is 12.1 Å². The van der Waals surface area contributed by atoms with Crippen molar-refractivity contribution in [2.75, 3.05) is 32.7 Å². The zero-order valence-electron chi connectivity index (χ0n) is 18.1. The second kappa shape index (κ2) is 9.26. The van der Waals surface area contributed by atoms with Crippen LogP contribution in [-0.4, -0.2) is 59.1 Å². The number of quaternary nitrogens is 1. The van der Waals surface area contributed by atoms with Crippen LogP contribution >= 0.6 is 0 Å². The number of likely N-dealkylation sites (tertiary alicyclic amines) is 2. The fourth-order valence-electron chi connectivity index (χ4n) is 5.52. The number of carboxylic acid groups (broad SMARTS) is 1. The summed E-state index contributed by atoms with van der Waals surface area (Å²) < 4.78 is 1.91. The Bertz CT molecular complexity index is 989. The predicted molar refractivity (Wildman–Crippen MR) is 114 cm³/mol. The molecule has 2 aliphatic heterocycles. The van der Waals surface area contributed by atoms with Crippen molar-refractivity contribution in [1.29, 1.82) is 0 Å². The minimum Gasteiger partial charge on any atom is -0.550 e. The van der Waals surface area contributed by atoms with E-state index < -0.39 is 5.97 Å². The van der Waals surface area contributed by atoms with E-state index in [-0.39, 0.29) is 35.9 Å². The number of aromatic amines is 1. The maximum atomic E-state index is 12.5. The van der Waals surface area contributed by atoms with E-state index in [9.17, 15) is 19.5 Å². The average Bonchev–Trinajstić information content (AvgIpc) is 3.08. The summed E-state index contributed by atoms with van der Waals surface area (Å²) in [4.78, 5) is 41.8. The van der Waals surface area contributed by atoms with Gasteiger partial charge in [-0.3, -0.25) is 9.36 Å². The van der Waals surface area contributed by atoms with Gasteiger partial charge in [0.1, 0.15) is 0 Å². The Morgan fingerprint density at radius 1 is 1.16 bits per heavy atom. The van der Waals surface area contributed by atoms with E-state index in [1.807, 2.05) is 33.7 Å². The quantitative estimate of drug-likeness (QED) is 0.651. The van der Waals surface area contributed by atoms with Crippen LogP contribution in [0.1, 0.15) is 45.1 Å². The number of imidazole rings is 1. The molecule has 2 fully saturated rings. The summed E-state index contributed by atoms with van der Waals surface area (Å²) in [6, 6.07) is 8.03. The Kier molecular flexibility index (Phi) is 6.46. The van der Waals surface area contributed by atoms with E-state index in [2.05, 4.69) is 4.98 Å². The lowest BCUT2D eigenvalue weighted by atomic mass is 9.81. The number of aliphatic carboxylic acids is 1. The molecule has 31 heavy (non-hydrogen) atoms. The number of para-hydroxylation sites is 2. The van der Waals surface area contributed by atoms with Crippen molar-refractivity contribution in [3.63, 3.8) is 0 Å². The Labute approximate surface area is 181 Å². The number of rotatable bonds is 6. The van der Waals surface area contributed by atoms with E-state index in [0.717, 1.165) is 56.4 Å². The minimum atomic E-state index is -0.997. The van der Waals surface area contributed by atoms with Crippen molar-refractivity contribution in [1.82, 2.24) is 14.5 Å². The molecule has 3 heterocycles. The van der Waals surface area contributed by atoms with Crippen LogP contribution in [0.2, 0.25) is 0 Å². The highest BCUT2D eigenvalue weighted by Gasteiger charge is 2.32. The first-order valence-corrected chi connectivity index (χ1v) is 11.4. The first-order chi connectivity index (χ1) is 14.9. The number of nitrogens with zero attached hydrogens (tertiary/aromatic N) is 2. The summed E-state index contributed by atoms with van der Waals surface area (Å²) in [5, 5.41) is 11.2. The van der Waals surface area contributed by atoms with Gasteiger partial charge in [-0.05, 0) is 36.8 Å². The second-order valence-electron chi connectivity index (χ2n) is 9.19. The Hall–Kier alpha value is -2.61. The first-order valence-electron chi connectivity index (χ1n) is 11.4. The maximum Gasteiger partial charge on any atom is 0.326 e. The fraction of sp³-hybridized carbons (Fsp3) is 0.609. The lowest BCUT2D eigenvalue weighted by Gasteiger charge is -2.39. The molecule has 2 aliphatic rings. The van der Waals surface area contributed by atoms with Gasteiger partial charge in [-0.25, -0.2) is 4.79 Å². The van der Waals surface area contributed by atoms with Crippen LogP contribution in [0.25, 0.3) is 11.0 Å². The Morgan fingerprint density at radius 2 is 1.90 bits per heavy atom. The second-order valence-corrected chi connectivity index (χ2v) is 9.19. The normalized spacial score (nSPS) is 26.8. The number of piperidine rings is 2. The number of fused-ring (bicyclic) bond motifs is 1. The molecule has 1 aromatic heterocycles. The number of hydrogen-bond acceptors (Lipinski definition) is 4. The molecule has 0 bridgehead atoms. The Balaban J connectivity index is 1.34. The van der Waals surface area contributed by atoms with Gasteiger partial charge in [-0.15, -0.1) is 0 Å². The van der Waals surface area contributed by atoms with Gasteiger partial charge in [0.2, 0.25) is 5.91 Å². The molecule has 1 amide bonds. The topological polar surface area (TPSA) is 103 Å². The van der Waals surface area contributed by atoms with Crippen molar-refractivity contribution in [3.8, 4) is 0 Å². The molecule has 2 N–H and O–H groups in total. The van der Waals surface area contributed by atoms with Gasteiger partial charge in [0.15, 0.2) is 0 Å². The van der Waals surface area contributed by atoms with E-state index >= 15 is 0 Å². The molecule has 0 aliphatic carbocycles. The number of benzene rings is 1. The summed E-state index contributed by atoms with van der Waals surface area (Å²) in [5.74, 6) is -0.641. The predicted octanol–water partition coefficient (Wildman–Crippen LogP) is -0.436. The smallest absolute Gasteiger partial charge is 0.326 e. The number of hydrogen-bond donors (Lipinski definition) is 2. The van der Waals surface area contributed by atoms with Crippen LogP contribution in [0.5, 0.6) is 0 Å². The van der Waals surface area contributed by atoms with Crippen LogP contribution in [-0.2, 0) is 9.59 Å². The molecule has 8 heteroatoms. The minimum absolute atomic E-state index is 0.0358. The van der Waals surface area contributed by atoms with Crippen molar-refractivity contribution in [2.45, 2.75) is 45.1 Å². The monoisotopic (exact) mass is 428 g/mol.